The van der Waals surface area contributed by atoms with Crippen LogP contribution < -0.4 is 4.74 Å². The molecule has 1 aromatic heterocycles. The molecule has 0 amide bonds. The van der Waals surface area contributed by atoms with Crippen LogP contribution in [0.2, 0.25) is 10.0 Å². The minimum absolute atomic E-state index is 0.216. The number of hydrogen-bond donors (Lipinski definition) is 0. The quantitative estimate of drug-likeness (QED) is 0.397. The van der Waals surface area contributed by atoms with E-state index in [1.165, 1.54) is 18.9 Å². The van der Waals surface area contributed by atoms with Gasteiger partial charge in [0.2, 0.25) is 0 Å². The van der Waals surface area contributed by atoms with Crippen molar-refractivity contribution in [1.29, 1.82) is 0 Å². The van der Waals surface area contributed by atoms with Crippen LogP contribution in [0.5, 0.6) is 5.75 Å². The zero-order valence-electron chi connectivity index (χ0n) is 14.5. The highest BCUT2D eigenvalue weighted by Gasteiger charge is 2.22. The molecule has 25 heavy (non-hydrogen) atoms. The SMILES string of the molecule is COc1cc(-c2nc(SC)nc(C(=O)OC(C)C)c2C)c(Cl)cc1Cl. The number of benzene rings is 1. The van der Waals surface area contributed by atoms with E-state index in [4.69, 9.17) is 32.7 Å². The molecule has 0 aliphatic rings. The Hall–Kier alpha value is -1.50. The summed E-state index contributed by atoms with van der Waals surface area (Å²) >= 11 is 13.8. The number of rotatable bonds is 5. The molecule has 0 aliphatic heterocycles. The van der Waals surface area contributed by atoms with Gasteiger partial charge in [0.15, 0.2) is 10.9 Å². The second-order valence-corrected chi connectivity index (χ2v) is 7.04. The van der Waals surface area contributed by atoms with E-state index >= 15 is 0 Å². The summed E-state index contributed by atoms with van der Waals surface area (Å²) in [6, 6.07) is 3.28. The maximum absolute atomic E-state index is 12.4. The fourth-order valence-corrected chi connectivity index (χ4v) is 3.10. The summed E-state index contributed by atoms with van der Waals surface area (Å²) in [5.41, 5.74) is 1.94. The Morgan fingerprint density at radius 2 is 1.88 bits per heavy atom. The van der Waals surface area contributed by atoms with Crippen molar-refractivity contribution < 1.29 is 14.3 Å². The monoisotopic (exact) mass is 400 g/mol. The van der Waals surface area contributed by atoms with Gasteiger partial charge >= 0.3 is 5.97 Å². The molecule has 0 radical (unpaired) electrons. The standard InChI is InChI=1S/C17H18Cl2N2O3S/c1-8(2)24-16(22)15-9(3)14(20-17(21-15)25-5)10-6-13(23-4)12(19)7-11(10)18/h6-8H,1-5H3. The molecule has 0 saturated heterocycles. The first-order valence-corrected chi connectivity index (χ1v) is 9.43. The molecular weight excluding hydrogens is 383 g/mol. The highest BCUT2D eigenvalue weighted by Crippen LogP contribution is 2.38. The van der Waals surface area contributed by atoms with E-state index in [2.05, 4.69) is 9.97 Å². The normalized spacial score (nSPS) is 10.9. The lowest BCUT2D eigenvalue weighted by Crippen LogP contribution is -2.16. The molecule has 134 valence electrons. The first kappa shape index (κ1) is 19.8. The first-order valence-electron chi connectivity index (χ1n) is 7.45. The second-order valence-electron chi connectivity index (χ2n) is 5.45. The number of thioether (sulfide) groups is 1. The van der Waals surface area contributed by atoms with Gasteiger partial charge in [-0.25, -0.2) is 14.8 Å². The lowest BCUT2D eigenvalue weighted by molar-refractivity contribution is 0.0368. The van der Waals surface area contributed by atoms with Gasteiger partial charge < -0.3 is 9.47 Å². The van der Waals surface area contributed by atoms with Gasteiger partial charge in [-0.2, -0.15) is 0 Å². The smallest absolute Gasteiger partial charge is 0.357 e. The minimum Gasteiger partial charge on any atom is -0.495 e. The van der Waals surface area contributed by atoms with Crippen molar-refractivity contribution in [2.45, 2.75) is 32.0 Å². The zero-order chi connectivity index (χ0) is 18.7. The maximum Gasteiger partial charge on any atom is 0.357 e. The van der Waals surface area contributed by atoms with E-state index in [1.54, 1.807) is 32.9 Å². The molecule has 0 unspecified atom stereocenters. The van der Waals surface area contributed by atoms with Crippen LogP contribution in [0.3, 0.4) is 0 Å². The van der Waals surface area contributed by atoms with E-state index in [-0.39, 0.29) is 11.8 Å². The molecule has 0 aliphatic carbocycles. The van der Waals surface area contributed by atoms with Crippen LogP contribution in [0.25, 0.3) is 11.3 Å². The summed E-state index contributed by atoms with van der Waals surface area (Å²) < 4.78 is 10.5. The lowest BCUT2D eigenvalue weighted by Gasteiger charge is -2.15. The van der Waals surface area contributed by atoms with Crippen molar-refractivity contribution in [2.75, 3.05) is 13.4 Å². The van der Waals surface area contributed by atoms with Crippen LogP contribution >= 0.6 is 35.0 Å². The fraction of sp³-hybridized carbons (Fsp3) is 0.353. The Labute approximate surface area is 161 Å². The largest absolute Gasteiger partial charge is 0.495 e. The van der Waals surface area contributed by atoms with Crippen molar-refractivity contribution in [1.82, 2.24) is 9.97 Å². The minimum atomic E-state index is -0.497. The molecule has 1 heterocycles. The predicted octanol–water partition coefficient (Wildman–Crippen LogP) is 5.05. The molecule has 2 rings (SSSR count). The Morgan fingerprint density at radius 3 is 2.44 bits per heavy atom. The summed E-state index contributed by atoms with van der Waals surface area (Å²) in [5.74, 6) is -0.0282. The van der Waals surface area contributed by atoms with Crippen molar-refractivity contribution >= 4 is 40.9 Å². The molecule has 0 spiro atoms. The molecule has 5 nitrogen and oxygen atoms in total. The Morgan fingerprint density at radius 1 is 1.20 bits per heavy atom. The summed E-state index contributed by atoms with van der Waals surface area (Å²) in [6.45, 7) is 5.32. The van der Waals surface area contributed by atoms with Gasteiger partial charge in [0.25, 0.3) is 0 Å². The van der Waals surface area contributed by atoms with Crippen LogP contribution in [0.15, 0.2) is 17.3 Å². The number of aromatic nitrogens is 2. The molecule has 2 aromatic rings. The molecule has 0 saturated carbocycles. The number of methoxy groups -OCH3 is 1. The van der Waals surface area contributed by atoms with Crippen LogP contribution in [0.4, 0.5) is 0 Å². The molecule has 0 N–H and O–H groups in total. The summed E-state index contributed by atoms with van der Waals surface area (Å²) in [5, 5.41) is 1.25. The van der Waals surface area contributed by atoms with Crippen LogP contribution in [0.1, 0.15) is 29.9 Å². The Balaban J connectivity index is 2.68. The van der Waals surface area contributed by atoms with Gasteiger partial charge in [0, 0.05) is 11.1 Å². The fourth-order valence-electron chi connectivity index (χ4n) is 2.19. The van der Waals surface area contributed by atoms with Crippen molar-refractivity contribution in [3.63, 3.8) is 0 Å². The molecule has 0 fully saturated rings. The number of halogens is 2. The molecule has 0 atom stereocenters. The van der Waals surface area contributed by atoms with Gasteiger partial charge in [-0.05, 0) is 39.2 Å². The first-order chi connectivity index (χ1) is 11.8. The number of esters is 1. The van der Waals surface area contributed by atoms with E-state index in [1.807, 2.05) is 6.26 Å². The summed E-state index contributed by atoms with van der Waals surface area (Å²) in [6.07, 6.45) is 1.58. The third kappa shape index (κ3) is 4.37. The number of carbonyl (C=O) groups is 1. The van der Waals surface area contributed by atoms with Crippen molar-refractivity contribution in [3.05, 3.63) is 33.4 Å². The molecule has 8 heteroatoms. The summed E-state index contributed by atoms with van der Waals surface area (Å²) in [4.78, 5) is 21.2. The number of nitrogens with zero attached hydrogens (tertiary/aromatic N) is 2. The van der Waals surface area contributed by atoms with Crippen molar-refractivity contribution in [3.8, 4) is 17.0 Å². The van der Waals surface area contributed by atoms with Gasteiger partial charge in [-0.15, -0.1) is 0 Å². The molecule has 0 bridgehead atoms. The zero-order valence-corrected chi connectivity index (χ0v) is 16.8. The van der Waals surface area contributed by atoms with E-state index < -0.39 is 5.97 Å². The number of carbonyl (C=O) groups excluding carboxylic acids is 1. The van der Waals surface area contributed by atoms with Crippen LogP contribution in [-0.2, 0) is 4.74 Å². The molecule has 1 aromatic carbocycles. The van der Waals surface area contributed by atoms with Crippen LogP contribution in [-0.4, -0.2) is 35.4 Å². The molecular formula is C17H18Cl2N2O3S. The van der Waals surface area contributed by atoms with E-state index in [0.717, 1.165) is 0 Å². The van der Waals surface area contributed by atoms with Crippen molar-refractivity contribution in [2.24, 2.45) is 0 Å². The summed E-state index contributed by atoms with van der Waals surface area (Å²) in [7, 11) is 1.52. The topological polar surface area (TPSA) is 61.3 Å². The van der Waals surface area contributed by atoms with E-state index in [9.17, 15) is 4.79 Å². The Bertz CT molecular complexity index is 813. The highest BCUT2D eigenvalue weighted by atomic mass is 35.5. The number of ether oxygens (including phenoxy) is 2. The lowest BCUT2D eigenvalue weighted by atomic mass is 10.0. The Kier molecular flexibility index (Phi) is 6.54. The highest BCUT2D eigenvalue weighted by molar-refractivity contribution is 7.98. The average molecular weight is 401 g/mol. The maximum atomic E-state index is 12.4. The third-order valence-corrected chi connectivity index (χ3v) is 4.50. The van der Waals surface area contributed by atoms with Gasteiger partial charge in [-0.3, -0.25) is 0 Å². The van der Waals surface area contributed by atoms with Gasteiger partial charge in [0.1, 0.15) is 5.75 Å². The van der Waals surface area contributed by atoms with Gasteiger partial charge in [-0.1, -0.05) is 35.0 Å². The second kappa shape index (κ2) is 8.25. The van der Waals surface area contributed by atoms with Crippen LogP contribution in [0, 0.1) is 6.92 Å². The van der Waals surface area contributed by atoms with Gasteiger partial charge in [0.05, 0.1) is 29.0 Å². The van der Waals surface area contributed by atoms with E-state index in [0.29, 0.717) is 37.8 Å². The average Bonchev–Trinajstić information content (AvgIpc) is 2.55. The number of hydrogen-bond acceptors (Lipinski definition) is 6. The third-order valence-electron chi connectivity index (χ3n) is 3.34. The predicted molar refractivity (Wildman–Crippen MR) is 101 cm³/mol.